The second kappa shape index (κ2) is 20.3. The second-order valence-electron chi connectivity index (χ2n) is 25.4. The van der Waals surface area contributed by atoms with E-state index in [1.54, 1.807) is 0 Å². The zero-order valence-corrected chi connectivity index (χ0v) is 43.2. The molecule has 4 saturated carbocycles. The number of ether oxygens (including phenoxy) is 8. The van der Waals surface area contributed by atoms with E-state index in [-0.39, 0.29) is 46.0 Å². The molecule has 0 spiro atoms. The van der Waals surface area contributed by atoms with Crippen LogP contribution in [0.2, 0.25) is 0 Å². The Morgan fingerprint density at radius 3 is 1.82 bits per heavy atom. The predicted molar refractivity (Wildman–Crippen MR) is 251 cm³/mol. The number of hydrogen-bond acceptors (Lipinski definition) is 21. The molecule has 73 heavy (non-hydrogen) atoms. The number of rotatable bonds is 10. The molecular formula is C52H84O21. The van der Waals surface area contributed by atoms with Gasteiger partial charge in [0.2, 0.25) is 6.29 Å². The highest BCUT2D eigenvalue weighted by molar-refractivity contribution is 5.79. The molecule has 21 nitrogen and oxygen atoms in total. The van der Waals surface area contributed by atoms with Gasteiger partial charge >= 0.3 is 5.97 Å². The van der Waals surface area contributed by atoms with E-state index in [4.69, 9.17) is 37.9 Å². The highest BCUT2D eigenvalue weighted by atomic mass is 16.8. The lowest BCUT2D eigenvalue weighted by Crippen LogP contribution is -2.67. The number of carbonyl (C=O) groups excluding carboxylic acids is 1. The van der Waals surface area contributed by atoms with Crippen LogP contribution in [0.1, 0.15) is 113 Å². The number of fused-ring (bicyclic) bond motifs is 7. The van der Waals surface area contributed by atoms with Gasteiger partial charge in [0.05, 0.1) is 37.9 Å². The van der Waals surface area contributed by atoms with Gasteiger partial charge in [0.1, 0.15) is 85.5 Å². The lowest BCUT2D eigenvalue weighted by Gasteiger charge is -2.71. The highest BCUT2D eigenvalue weighted by Crippen LogP contribution is 2.76. The molecule has 0 unspecified atom stereocenters. The lowest BCUT2D eigenvalue weighted by atomic mass is 9.33. The molecular weight excluding hydrogens is 961 g/mol. The summed E-state index contributed by atoms with van der Waals surface area (Å²) in [6, 6.07) is 0. The molecule has 9 aliphatic rings. The number of allylic oxidation sites excluding steroid dienone is 2. The molecule has 26 atom stereocenters. The van der Waals surface area contributed by atoms with Gasteiger partial charge in [-0.15, -0.1) is 0 Å². The van der Waals surface area contributed by atoms with Crippen LogP contribution >= 0.6 is 0 Å². The maximum absolute atomic E-state index is 14.8. The Kier molecular flexibility index (Phi) is 15.6. The minimum absolute atomic E-state index is 0.0808. The molecule has 12 N–H and O–H groups in total. The fourth-order valence-corrected chi connectivity index (χ4v) is 16.0. The van der Waals surface area contributed by atoms with Crippen molar-refractivity contribution in [2.45, 2.75) is 229 Å². The molecule has 8 fully saturated rings. The molecule has 4 heterocycles. The summed E-state index contributed by atoms with van der Waals surface area (Å²) in [4.78, 5) is 14.8. The number of esters is 1. The fourth-order valence-electron chi connectivity index (χ4n) is 16.0. The SMILES string of the molecule is CC1(C)CC[C@]2(C(=O)O[C@@H]3O[C@H](CO)[C@@H](O)[C@H](O)[C@H]3O)CC[C@]3(C)C(=CC[C@@H]4[C@@]5(C)CC[C@@H](O[C@@H]6OC[C@H](O)[C@H](O[C@@H]7OC[C@H](O)[C@H](O)[C@H]7O)[C@H]6O[C@@H]6O[C@H](CO)[C@@H](O)[C@H](O)[C@H]6O)C(C)(C)[C@@H]5CC[C@]43C)[C@@H]2C1. The van der Waals surface area contributed by atoms with Crippen molar-refractivity contribution in [3.05, 3.63) is 11.6 Å². The van der Waals surface area contributed by atoms with Crippen molar-refractivity contribution in [2.75, 3.05) is 26.4 Å². The summed E-state index contributed by atoms with van der Waals surface area (Å²) in [6.07, 6.45) is -18.9. The summed E-state index contributed by atoms with van der Waals surface area (Å²) in [7, 11) is 0. The molecule has 9 rings (SSSR count). The van der Waals surface area contributed by atoms with E-state index in [2.05, 4.69) is 54.5 Å². The number of aliphatic hydroxyl groups is 12. The average molecular weight is 1050 g/mol. The molecule has 4 saturated heterocycles. The van der Waals surface area contributed by atoms with E-state index in [0.717, 1.165) is 44.9 Å². The van der Waals surface area contributed by atoms with Crippen LogP contribution in [0.5, 0.6) is 0 Å². The zero-order chi connectivity index (χ0) is 53.1. The first kappa shape index (κ1) is 56.2. The molecule has 0 radical (unpaired) electrons. The van der Waals surface area contributed by atoms with Gasteiger partial charge in [0.25, 0.3) is 0 Å². The quantitative estimate of drug-likeness (QED) is 0.0727. The van der Waals surface area contributed by atoms with Crippen molar-refractivity contribution in [2.24, 2.45) is 50.2 Å². The van der Waals surface area contributed by atoms with Crippen LogP contribution in [0.3, 0.4) is 0 Å². The lowest BCUT2D eigenvalue weighted by molar-refractivity contribution is -0.385. The topological polar surface area (TPSA) is 334 Å². The third kappa shape index (κ3) is 9.20. The Morgan fingerprint density at radius 2 is 1.16 bits per heavy atom. The average Bonchev–Trinajstić information content (AvgIpc) is 3.34. The molecule has 0 aromatic heterocycles. The van der Waals surface area contributed by atoms with Crippen LogP contribution < -0.4 is 0 Å². The normalized spacial score (nSPS) is 53.7. The minimum atomic E-state index is -1.84. The van der Waals surface area contributed by atoms with E-state index in [1.165, 1.54) is 5.57 Å². The summed E-state index contributed by atoms with van der Waals surface area (Å²) in [5.41, 5.74) is -0.905. The third-order valence-electron chi connectivity index (χ3n) is 20.6. The summed E-state index contributed by atoms with van der Waals surface area (Å²) in [5, 5.41) is 127. The molecule has 418 valence electrons. The second-order valence-corrected chi connectivity index (χ2v) is 25.4. The van der Waals surface area contributed by atoms with Crippen LogP contribution in [0.4, 0.5) is 0 Å². The first-order valence-electron chi connectivity index (χ1n) is 26.6. The highest BCUT2D eigenvalue weighted by Gasteiger charge is 2.70. The molecule has 0 amide bonds. The van der Waals surface area contributed by atoms with Gasteiger partial charge in [-0.3, -0.25) is 4.79 Å². The Labute approximate surface area is 426 Å². The monoisotopic (exact) mass is 1040 g/mol. The summed E-state index contributed by atoms with van der Waals surface area (Å²) in [6.45, 7) is 14.0. The first-order chi connectivity index (χ1) is 34.2. The summed E-state index contributed by atoms with van der Waals surface area (Å²) < 4.78 is 48.6. The Hall–Kier alpha value is -1.55. The van der Waals surface area contributed by atoms with E-state index in [1.807, 2.05) is 0 Å². The van der Waals surface area contributed by atoms with Crippen LogP contribution in [0.25, 0.3) is 0 Å². The molecule has 21 heteroatoms. The van der Waals surface area contributed by atoms with Crippen LogP contribution in [0, 0.1) is 50.2 Å². The smallest absolute Gasteiger partial charge is 0.315 e. The van der Waals surface area contributed by atoms with Gasteiger partial charge in [-0.2, -0.15) is 0 Å². The standard InChI is InChI=1S/C52H84O21/c1-47(2)14-16-52(46(65)73-44-39(64)36(61)34(59)28(20-54)69-44)17-15-50(6)23(24(52)18-47)8-9-30-49(5)12-11-31(48(3,4)29(49)10-13-51(30,50)7)70-45-41(72-43-38(63)35(60)33(58)27(19-53)68-43)40(26(56)22-67-45)71-42-37(62)32(57)25(55)21-66-42/h8,24-45,53-64H,9-22H2,1-7H3/t24-,25-,26-,27+,28+,29-,30+,31+,32-,33+,34+,35-,36-,37+,38+,39+,40-,41+,42-,43-,44-,45-,49-,50+,51+,52-/m0/s1. The maximum atomic E-state index is 14.8. The van der Waals surface area contributed by atoms with Crippen molar-refractivity contribution in [3.8, 4) is 0 Å². The third-order valence-corrected chi connectivity index (χ3v) is 20.6. The van der Waals surface area contributed by atoms with Crippen molar-refractivity contribution in [3.63, 3.8) is 0 Å². The van der Waals surface area contributed by atoms with Gasteiger partial charge in [-0.25, -0.2) is 0 Å². The van der Waals surface area contributed by atoms with Crippen molar-refractivity contribution >= 4 is 5.97 Å². The Bertz CT molecular complexity index is 2000. The molecule has 0 aromatic carbocycles. The molecule has 4 aliphatic heterocycles. The van der Waals surface area contributed by atoms with E-state index in [9.17, 15) is 66.1 Å². The van der Waals surface area contributed by atoms with Crippen LogP contribution in [-0.2, 0) is 42.7 Å². The summed E-state index contributed by atoms with van der Waals surface area (Å²) in [5.74, 6) is -0.308. The number of hydrogen-bond donors (Lipinski definition) is 12. The predicted octanol–water partition coefficient (Wildman–Crippen LogP) is -0.757. The number of carbonyl (C=O) groups is 1. The minimum Gasteiger partial charge on any atom is -0.432 e. The van der Waals surface area contributed by atoms with Crippen LogP contribution in [0.15, 0.2) is 11.6 Å². The van der Waals surface area contributed by atoms with E-state index in [0.29, 0.717) is 19.3 Å². The van der Waals surface area contributed by atoms with Crippen LogP contribution in [-0.4, -0.2) is 210 Å². The van der Waals surface area contributed by atoms with Gasteiger partial charge in [0.15, 0.2) is 18.9 Å². The van der Waals surface area contributed by atoms with Gasteiger partial charge in [0, 0.05) is 0 Å². The maximum Gasteiger partial charge on any atom is 0.315 e. The fraction of sp³-hybridized carbons (Fsp3) is 0.942. The summed E-state index contributed by atoms with van der Waals surface area (Å²) >= 11 is 0. The van der Waals surface area contributed by atoms with E-state index < -0.39 is 153 Å². The largest absolute Gasteiger partial charge is 0.432 e. The Morgan fingerprint density at radius 1 is 0.589 bits per heavy atom. The van der Waals surface area contributed by atoms with Gasteiger partial charge < -0.3 is 99.2 Å². The molecule has 5 aliphatic carbocycles. The first-order valence-corrected chi connectivity index (χ1v) is 26.6. The number of aliphatic hydroxyl groups excluding tert-OH is 12. The molecule has 0 aromatic rings. The Balaban J connectivity index is 0.971. The molecule has 0 bridgehead atoms. The van der Waals surface area contributed by atoms with Crippen molar-refractivity contribution in [1.82, 2.24) is 0 Å². The van der Waals surface area contributed by atoms with Crippen molar-refractivity contribution in [1.29, 1.82) is 0 Å². The van der Waals surface area contributed by atoms with E-state index >= 15 is 0 Å². The van der Waals surface area contributed by atoms with Gasteiger partial charge in [-0.05, 0) is 109 Å². The van der Waals surface area contributed by atoms with Gasteiger partial charge in [-0.1, -0.05) is 60.1 Å². The zero-order valence-electron chi connectivity index (χ0n) is 43.2. The van der Waals surface area contributed by atoms with Crippen molar-refractivity contribution < 1.29 is 104 Å².